The van der Waals surface area contributed by atoms with E-state index in [-0.39, 0.29) is 44.4 Å². The van der Waals surface area contributed by atoms with Crippen LogP contribution in [0, 0.1) is 5.92 Å². The van der Waals surface area contributed by atoms with Gasteiger partial charge in [0.25, 0.3) is 0 Å². The zero-order valence-corrected chi connectivity index (χ0v) is 19.9. The summed E-state index contributed by atoms with van der Waals surface area (Å²) in [6.45, 7) is 2.87. The fraction of sp³-hybridized carbons (Fsp3) is 0.542. The molecule has 6 amide bonds. The van der Waals surface area contributed by atoms with Crippen molar-refractivity contribution in [3.63, 3.8) is 0 Å². The van der Waals surface area contributed by atoms with Gasteiger partial charge in [-0.2, -0.15) is 0 Å². The van der Waals surface area contributed by atoms with Gasteiger partial charge in [-0.25, -0.2) is 9.59 Å². The molecular weight excluding hydrogens is 454 g/mol. The number of urea groups is 1. The number of nitrogens with zero attached hydrogens (tertiary/aromatic N) is 2. The van der Waals surface area contributed by atoms with Gasteiger partial charge >= 0.3 is 12.1 Å². The molecule has 0 aromatic heterocycles. The maximum Gasteiger partial charge on any atom is 0.407 e. The first kappa shape index (κ1) is 26.0. The Hall–Kier alpha value is -3.63. The molecule has 0 radical (unpaired) electrons. The Morgan fingerprint density at radius 3 is 2.60 bits per heavy atom. The number of carbonyl (C=O) groups is 5. The van der Waals surface area contributed by atoms with Crippen LogP contribution in [0.25, 0.3) is 0 Å². The number of carbonyl (C=O) groups excluding carboxylic acids is 5. The third-order valence-electron chi connectivity index (χ3n) is 6.18. The lowest BCUT2D eigenvalue weighted by molar-refractivity contribution is -0.139. The lowest BCUT2D eigenvalue weighted by Gasteiger charge is -2.29. The van der Waals surface area contributed by atoms with E-state index in [4.69, 9.17) is 10.5 Å². The van der Waals surface area contributed by atoms with Crippen molar-refractivity contribution in [2.45, 2.75) is 57.7 Å². The molecule has 0 spiro atoms. The van der Waals surface area contributed by atoms with Crippen molar-refractivity contribution < 1.29 is 28.7 Å². The monoisotopic (exact) mass is 487 g/mol. The highest BCUT2D eigenvalue weighted by atomic mass is 16.5. The summed E-state index contributed by atoms with van der Waals surface area (Å²) in [6.07, 6.45) is 1.34. The summed E-state index contributed by atoms with van der Waals surface area (Å²) >= 11 is 0. The molecular formula is C24H33N5O6. The molecule has 0 saturated carbocycles. The van der Waals surface area contributed by atoms with E-state index >= 15 is 0 Å². The molecule has 0 aliphatic carbocycles. The summed E-state index contributed by atoms with van der Waals surface area (Å²) in [4.78, 5) is 64.3. The predicted octanol–water partition coefficient (Wildman–Crippen LogP) is 1.12. The zero-order chi connectivity index (χ0) is 25.4. The van der Waals surface area contributed by atoms with E-state index in [1.165, 1.54) is 4.90 Å². The molecule has 2 fully saturated rings. The number of primary amides is 1. The highest BCUT2D eigenvalue weighted by molar-refractivity contribution is 5.98. The Kier molecular flexibility index (Phi) is 9.04. The number of hydrogen-bond acceptors (Lipinski definition) is 6. The van der Waals surface area contributed by atoms with Gasteiger partial charge in [-0.3, -0.25) is 19.3 Å². The van der Waals surface area contributed by atoms with Crippen LogP contribution >= 0.6 is 0 Å². The van der Waals surface area contributed by atoms with Crippen molar-refractivity contribution in [1.29, 1.82) is 0 Å². The number of amides is 6. The van der Waals surface area contributed by atoms with Gasteiger partial charge < -0.3 is 26.0 Å². The van der Waals surface area contributed by atoms with Crippen LogP contribution in [-0.2, 0) is 25.7 Å². The number of benzene rings is 1. The van der Waals surface area contributed by atoms with Gasteiger partial charge in [-0.05, 0) is 37.2 Å². The number of imide groups is 1. The largest absolute Gasteiger partial charge is 0.445 e. The van der Waals surface area contributed by atoms with Crippen LogP contribution in [0.1, 0.15) is 44.6 Å². The molecule has 1 aromatic rings. The summed E-state index contributed by atoms with van der Waals surface area (Å²) < 4.78 is 5.17. The van der Waals surface area contributed by atoms with Crippen molar-refractivity contribution in [2.24, 2.45) is 11.7 Å². The van der Waals surface area contributed by atoms with Crippen LogP contribution in [0.2, 0.25) is 0 Å². The van der Waals surface area contributed by atoms with Crippen molar-refractivity contribution >= 4 is 29.8 Å². The summed E-state index contributed by atoms with van der Waals surface area (Å²) in [7, 11) is 0. The molecule has 35 heavy (non-hydrogen) atoms. The lowest BCUT2D eigenvalue weighted by Crippen LogP contribution is -2.55. The fourth-order valence-electron chi connectivity index (χ4n) is 4.36. The van der Waals surface area contributed by atoms with Crippen molar-refractivity contribution in [1.82, 2.24) is 20.4 Å². The van der Waals surface area contributed by atoms with Crippen LogP contribution < -0.4 is 16.4 Å². The number of alkyl carbamates (subject to hydrolysis) is 1. The second-order valence-corrected chi connectivity index (χ2v) is 9.04. The third kappa shape index (κ3) is 7.17. The Morgan fingerprint density at radius 1 is 1.20 bits per heavy atom. The van der Waals surface area contributed by atoms with E-state index < -0.39 is 36.0 Å². The number of ether oxygens (including phenoxy) is 1. The first-order chi connectivity index (χ1) is 16.8. The quantitative estimate of drug-likeness (QED) is 0.444. The van der Waals surface area contributed by atoms with Crippen LogP contribution in [0.15, 0.2) is 30.3 Å². The molecule has 1 aromatic carbocycles. The Labute approximate surface area is 204 Å². The summed E-state index contributed by atoms with van der Waals surface area (Å²) in [5, 5.41) is 5.29. The summed E-state index contributed by atoms with van der Waals surface area (Å²) in [5.41, 5.74) is 6.31. The molecule has 2 unspecified atom stereocenters. The Balaban J connectivity index is 1.54. The Morgan fingerprint density at radius 2 is 1.94 bits per heavy atom. The molecule has 2 heterocycles. The lowest BCUT2D eigenvalue weighted by atomic mass is 10.1. The highest BCUT2D eigenvalue weighted by Crippen LogP contribution is 2.20. The number of rotatable bonds is 9. The molecule has 2 aliphatic rings. The maximum absolute atomic E-state index is 13.2. The number of nitrogens with two attached hydrogens (primary N) is 1. The summed E-state index contributed by atoms with van der Waals surface area (Å²) in [6, 6.07) is 6.93. The summed E-state index contributed by atoms with van der Waals surface area (Å²) in [5.74, 6) is -1.26. The highest BCUT2D eigenvalue weighted by Gasteiger charge is 2.38. The molecule has 190 valence electrons. The van der Waals surface area contributed by atoms with E-state index in [1.807, 2.05) is 37.3 Å². The first-order valence-corrected chi connectivity index (χ1v) is 11.9. The molecule has 0 bridgehead atoms. The molecule has 3 rings (SSSR count). The van der Waals surface area contributed by atoms with Gasteiger partial charge in [-0.15, -0.1) is 0 Å². The minimum atomic E-state index is -0.965. The van der Waals surface area contributed by atoms with Gasteiger partial charge in [0.05, 0.1) is 0 Å². The molecule has 11 nitrogen and oxygen atoms in total. The average Bonchev–Trinajstić information content (AvgIpc) is 3.46. The first-order valence-electron chi connectivity index (χ1n) is 11.9. The van der Waals surface area contributed by atoms with Crippen LogP contribution in [0.3, 0.4) is 0 Å². The van der Waals surface area contributed by atoms with E-state index in [0.29, 0.717) is 25.8 Å². The smallest absolute Gasteiger partial charge is 0.407 e. The van der Waals surface area contributed by atoms with Gasteiger partial charge in [0.1, 0.15) is 18.7 Å². The topological polar surface area (TPSA) is 151 Å². The second kappa shape index (κ2) is 12.2. The van der Waals surface area contributed by atoms with E-state index in [2.05, 4.69) is 10.6 Å². The van der Waals surface area contributed by atoms with Crippen LogP contribution in [0.5, 0.6) is 0 Å². The molecule has 3 atom stereocenters. The number of hydrogen-bond donors (Lipinski definition) is 3. The van der Waals surface area contributed by atoms with Crippen molar-refractivity contribution in [2.75, 3.05) is 19.6 Å². The minimum absolute atomic E-state index is 0.0475. The molecule has 4 N–H and O–H groups in total. The molecule has 11 heteroatoms. The second-order valence-electron chi connectivity index (χ2n) is 9.04. The van der Waals surface area contributed by atoms with Crippen LogP contribution in [-0.4, -0.2) is 71.4 Å². The van der Waals surface area contributed by atoms with Crippen molar-refractivity contribution in [3.8, 4) is 0 Å². The van der Waals surface area contributed by atoms with Gasteiger partial charge in [0.2, 0.25) is 17.7 Å². The predicted molar refractivity (Wildman–Crippen MR) is 126 cm³/mol. The van der Waals surface area contributed by atoms with E-state index in [9.17, 15) is 24.0 Å². The van der Waals surface area contributed by atoms with Crippen molar-refractivity contribution in [3.05, 3.63) is 35.9 Å². The normalized spacial score (nSPS) is 20.4. The van der Waals surface area contributed by atoms with Crippen LogP contribution in [0.4, 0.5) is 9.59 Å². The average molecular weight is 488 g/mol. The third-order valence-corrected chi connectivity index (χ3v) is 6.18. The number of likely N-dealkylation sites (tertiary alicyclic amines) is 2. The molecule has 2 aliphatic heterocycles. The maximum atomic E-state index is 13.2. The van der Waals surface area contributed by atoms with Gasteiger partial charge in [0, 0.05) is 26.1 Å². The molecule has 2 saturated heterocycles. The fourth-order valence-corrected chi connectivity index (χ4v) is 4.36. The van der Waals surface area contributed by atoms with E-state index in [1.54, 1.807) is 0 Å². The zero-order valence-electron chi connectivity index (χ0n) is 19.9. The van der Waals surface area contributed by atoms with Gasteiger partial charge in [0.15, 0.2) is 0 Å². The van der Waals surface area contributed by atoms with Gasteiger partial charge in [-0.1, -0.05) is 37.3 Å². The standard InChI is InChI=1S/C24H33N5O6/c1-16-13-20(30)29(14-16)23(33)27-18(22(32)28-12-6-10-19(28)21(25)31)9-5-11-26-24(34)35-15-17-7-3-2-4-8-17/h2-4,7-8,16,18-19H,5-6,9-15H2,1H3,(H2,25,31)(H,26,34)(H,27,33)/t16?,18?,19-/m0/s1. The van der Waals surface area contributed by atoms with E-state index in [0.717, 1.165) is 10.5 Å². The Bertz CT molecular complexity index is 940. The number of nitrogens with one attached hydrogen (secondary N) is 2. The minimum Gasteiger partial charge on any atom is -0.445 e. The SMILES string of the molecule is CC1CC(=O)N(C(=O)NC(CCCNC(=O)OCc2ccccc2)C(=O)N2CCC[C@H]2C(N)=O)C1.